The molecule has 6 rings (SSSR count). The lowest BCUT2D eigenvalue weighted by Crippen LogP contribution is -2.53. The number of nitrogens with zero attached hydrogens (tertiary/aromatic N) is 4. The molecule has 2 N–H and O–H groups in total. The Morgan fingerprint density at radius 1 is 1.13 bits per heavy atom. The van der Waals surface area contributed by atoms with Crippen LogP contribution in [0.5, 0.6) is 0 Å². The molecule has 0 aliphatic carbocycles. The molecule has 3 aliphatic rings. The number of fused-ring (bicyclic) bond motifs is 3. The van der Waals surface area contributed by atoms with Gasteiger partial charge < -0.3 is 15.4 Å². The molecule has 8 nitrogen and oxygen atoms in total. The van der Waals surface area contributed by atoms with Gasteiger partial charge in [0.2, 0.25) is 0 Å². The van der Waals surface area contributed by atoms with E-state index in [1.165, 1.54) is 0 Å². The van der Waals surface area contributed by atoms with E-state index in [0.717, 1.165) is 52.3 Å². The normalized spacial score (nSPS) is 21.7. The fourth-order valence-corrected chi connectivity index (χ4v) is 4.53. The number of pyridine rings is 1. The van der Waals surface area contributed by atoms with E-state index >= 15 is 0 Å². The molecule has 5 heterocycles. The van der Waals surface area contributed by atoms with Crippen molar-refractivity contribution >= 4 is 28.3 Å². The van der Waals surface area contributed by atoms with Crippen LogP contribution in [-0.4, -0.2) is 64.5 Å². The van der Waals surface area contributed by atoms with E-state index in [1.807, 2.05) is 35.3 Å². The number of ether oxygens (including phenoxy) is 1. The van der Waals surface area contributed by atoms with Crippen molar-refractivity contribution in [1.82, 2.24) is 25.0 Å². The van der Waals surface area contributed by atoms with Gasteiger partial charge in [-0.15, -0.1) is 0 Å². The number of Topliss-reactive ketones (excluding diaryl/α,β-unsaturated/α-hetero) is 1. The van der Waals surface area contributed by atoms with Gasteiger partial charge in [-0.25, -0.2) is 4.68 Å². The second kappa shape index (κ2) is 6.93. The third-order valence-corrected chi connectivity index (χ3v) is 6.04. The molecule has 1 atom stereocenters. The molecule has 1 fully saturated rings. The summed E-state index contributed by atoms with van der Waals surface area (Å²) >= 11 is 0. The summed E-state index contributed by atoms with van der Waals surface area (Å²) in [6.45, 7) is 3.53. The van der Waals surface area contributed by atoms with Crippen LogP contribution in [0.3, 0.4) is 0 Å². The Labute approximate surface area is 173 Å². The molecule has 0 saturated carbocycles. The number of para-hydroxylation sites is 1. The molecule has 3 aromatic rings. The predicted octanol–water partition coefficient (Wildman–Crippen LogP) is 1.91. The highest BCUT2D eigenvalue weighted by Crippen LogP contribution is 2.37. The maximum Gasteiger partial charge on any atom is 0.167 e. The Kier molecular flexibility index (Phi) is 4.07. The molecule has 1 aromatic carbocycles. The molecular weight excluding hydrogens is 380 g/mol. The van der Waals surface area contributed by atoms with E-state index in [2.05, 4.69) is 37.7 Å². The first-order valence-corrected chi connectivity index (χ1v) is 10.3. The van der Waals surface area contributed by atoms with Gasteiger partial charge in [-0.2, -0.15) is 5.10 Å². The van der Waals surface area contributed by atoms with Crippen molar-refractivity contribution in [2.24, 2.45) is 0 Å². The average Bonchev–Trinajstić information content (AvgIpc) is 3.23. The fraction of sp³-hybridized carbons (Fsp3) is 0.318. The van der Waals surface area contributed by atoms with Gasteiger partial charge in [-0.3, -0.25) is 14.7 Å². The first-order chi connectivity index (χ1) is 14.8. The number of nitrogens with one attached hydrogen (secondary N) is 2. The first kappa shape index (κ1) is 17.6. The van der Waals surface area contributed by atoms with E-state index in [1.54, 1.807) is 0 Å². The quantitative estimate of drug-likeness (QED) is 0.677. The standard InChI is InChI=1S/C22H22N6O2/c29-18-5-6-23-21-19(18)22(27-7-9-30-10-8-27)26-20-16(13-25-28(20)21)15-11-14-3-1-2-4-17(14)24-12-15/h1-4,11-13,22-23,26H,5-10H2. The lowest BCUT2D eigenvalue weighted by Gasteiger charge is -2.41. The van der Waals surface area contributed by atoms with Gasteiger partial charge in [0.25, 0.3) is 0 Å². The van der Waals surface area contributed by atoms with Crippen molar-refractivity contribution in [3.05, 3.63) is 48.3 Å². The van der Waals surface area contributed by atoms with E-state index < -0.39 is 0 Å². The molecule has 152 valence electrons. The number of carbonyl (C=O) groups is 1. The Morgan fingerprint density at radius 3 is 2.90 bits per heavy atom. The summed E-state index contributed by atoms with van der Waals surface area (Å²) in [5, 5.41) is 12.7. The lowest BCUT2D eigenvalue weighted by molar-refractivity contribution is -0.116. The Bertz CT molecular complexity index is 1180. The molecule has 1 unspecified atom stereocenters. The molecule has 8 heteroatoms. The van der Waals surface area contributed by atoms with E-state index in [9.17, 15) is 4.79 Å². The average molecular weight is 402 g/mol. The number of rotatable bonds is 2. The van der Waals surface area contributed by atoms with Crippen molar-refractivity contribution in [3.8, 4) is 11.1 Å². The number of benzene rings is 1. The second-order valence-electron chi connectivity index (χ2n) is 7.79. The summed E-state index contributed by atoms with van der Waals surface area (Å²) in [5.41, 5.74) is 3.69. The summed E-state index contributed by atoms with van der Waals surface area (Å²) in [7, 11) is 0. The van der Waals surface area contributed by atoms with Crippen molar-refractivity contribution in [3.63, 3.8) is 0 Å². The number of hydrogen-bond acceptors (Lipinski definition) is 7. The van der Waals surface area contributed by atoms with Crippen LogP contribution in [-0.2, 0) is 9.53 Å². The van der Waals surface area contributed by atoms with Gasteiger partial charge in [-0.05, 0) is 12.1 Å². The van der Waals surface area contributed by atoms with Crippen molar-refractivity contribution in [2.75, 3.05) is 38.2 Å². The van der Waals surface area contributed by atoms with Gasteiger partial charge >= 0.3 is 0 Å². The molecule has 0 spiro atoms. The van der Waals surface area contributed by atoms with Crippen LogP contribution in [0.2, 0.25) is 0 Å². The minimum absolute atomic E-state index is 0.169. The van der Waals surface area contributed by atoms with Crippen LogP contribution in [0, 0.1) is 0 Å². The summed E-state index contributed by atoms with van der Waals surface area (Å²) in [6.07, 6.45) is 4.04. The highest BCUT2D eigenvalue weighted by molar-refractivity contribution is 6.04. The number of hydrogen-bond donors (Lipinski definition) is 2. The smallest absolute Gasteiger partial charge is 0.167 e. The zero-order chi connectivity index (χ0) is 20.1. The number of morpholine rings is 1. The van der Waals surface area contributed by atoms with Gasteiger partial charge in [-0.1, -0.05) is 18.2 Å². The second-order valence-corrected chi connectivity index (χ2v) is 7.79. The Balaban J connectivity index is 1.48. The topological polar surface area (TPSA) is 84.3 Å². The van der Waals surface area contributed by atoms with Crippen LogP contribution in [0.25, 0.3) is 27.9 Å². The van der Waals surface area contributed by atoms with Gasteiger partial charge in [0.1, 0.15) is 17.8 Å². The lowest BCUT2D eigenvalue weighted by atomic mass is 9.98. The van der Waals surface area contributed by atoms with Gasteiger partial charge in [0.15, 0.2) is 5.78 Å². The highest BCUT2D eigenvalue weighted by Gasteiger charge is 2.39. The van der Waals surface area contributed by atoms with E-state index in [-0.39, 0.29) is 11.9 Å². The number of carbonyl (C=O) groups excluding carboxylic acids is 1. The maximum absolute atomic E-state index is 12.9. The summed E-state index contributed by atoms with van der Waals surface area (Å²) < 4.78 is 7.36. The molecule has 2 aromatic heterocycles. The molecule has 3 aliphatic heterocycles. The molecular formula is C22H22N6O2. The van der Waals surface area contributed by atoms with Crippen LogP contribution >= 0.6 is 0 Å². The van der Waals surface area contributed by atoms with E-state index in [0.29, 0.717) is 26.2 Å². The molecule has 0 amide bonds. The molecule has 0 radical (unpaired) electrons. The predicted molar refractivity (Wildman–Crippen MR) is 114 cm³/mol. The third-order valence-electron chi connectivity index (χ3n) is 6.04. The largest absolute Gasteiger partial charge is 0.379 e. The SMILES string of the molecule is O=C1CCNC2=C1C(N1CCOCC1)Nc1c(-c3cnc4ccccc4c3)cnn12. The van der Waals surface area contributed by atoms with Crippen molar-refractivity contribution in [1.29, 1.82) is 0 Å². The monoisotopic (exact) mass is 402 g/mol. The van der Waals surface area contributed by atoms with Crippen LogP contribution < -0.4 is 10.6 Å². The molecule has 1 saturated heterocycles. The minimum atomic E-state index is -0.194. The molecule has 30 heavy (non-hydrogen) atoms. The van der Waals surface area contributed by atoms with E-state index in [4.69, 9.17) is 4.74 Å². The van der Waals surface area contributed by atoms with Crippen molar-refractivity contribution in [2.45, 2.75) is 12.6 Å². The highest BCUT2D eigenvalue weighted by atomic mass is 16.5. The maximum atomic E-state index is 12.9. The zero-order valence-corrected chi connectivity index (χ0v) is 16.5. The molecule has 0 bridgehead atoms. The number of ketones is 1. The first-order valence-electron chi connectivity index (χ1n) is 10.3. The Morgan fingerprint density at radius 2 is 2.00 bits per heavy atom. The summed E-state index contributed by atoms with van der Waals surface area (Å²) in [6, 6.07) is 10.2. The van der Waals surface area contributed by atoms with Gasteiger partial charge in [0, 0.05) is 48.8 Å². The van der Waals surface area contributed by atoms with Crippen molar-refractivity contribution < 1.29 is 9.53 Å². The summed E-state index contributed by atoms with van der Waals surface area (Å²) in [5.74, 6) is 1.84. The van der Waals surface area contributed by atoms with Crippen LogP contribution in [0.4, 0.5) is 5.82 Å². The van der Waals surface area contributed by atoms with Crippen LogP contribution in [0.1, 0.15) is 6.42 Å². The zero-order valence-electron chi connectivity index (χ0n) is 16.5. The van der Waals surface area contributed by atoms with Gasteiger partial charge in [0.05, 0.1) is 30.5 Å². The third kappa shape index (κ3) is 2.72. The summed E-state index contributed by atoms with van der Waals surface area (Å²) in [4.78, 5) is 19.8. The number of aromatic nitrogens is 3. The minimum Gasteiger partial charge on any atom is -0.379 e. The number of anilines is 1. The fourth-order valence-electron chi connectivity index (χ4n) is 4.53. The van der Waals surface area contributed by atoms with Crippen LogP contribution in [0.15, 0.2) is 48.3 Å². The Hall–Kier alpha value is -3.23.